The van der Waals surface area contributed by atoms with Crippen LogP contribution in [-0.4, -0.2) is 25.2 Å². The van der Waals surface area contributed by atoms with E-state index in [0.717, 1.165) is 11.1 Å². The van der Waals surface area contributed by atoms with E-state index >= 15 is 0 Å². The van der Waals surface area contributed by atoms with Gasteiger partial charge in [0.2, 0.25) is 0 Å². The molecule has 6 nitrogen and oxygen atoms in total. The van der Waals surface area contributed by atoms with Crippen molar-refractivity contribution in [3.63, 3.8) is 0 Å². The van der Waals surface area contributed by atoms with Gasteiger partial charge in [-0.05, 0) is 62.4 Å². The van der Waals surface area contributed by atoms with Gasteiger partial charge in [-0.3, -0.25) is 0 Å². The van der Waals surface area contributed by atoms with Gasteiger partial charge in [0.05, 0.1) is 0 Å². The van der Waals surface area contributed by atoms with Crippen LogP contribution in [-0.2, 0) is 9.59 Å². The van der Waals surface area contributed by atoms with Gasteiger partial charge >= 0.3 is 11.9 Å². The summed E-state index contributed by atoms with van der Waals surface area (Å²) in [7, 11) is 0. The molecule has 0 spiro atoms. The Bertz CT molecular complexity index is 893. The van der Waals surface area contributed by atoms with Gasteiger partial charge in [-0.25, -0.2) is 9.59 Å². The molecule has 0 aliphatic heterocycles. The molecule has 3 aromatic rings. The van der Waals surface area contributed by atoms with Crippen LogP contribution >= 0.6 is 0 Å². The van der Waals surface area contributed by atoms with Gasteiger partial charge in [0.15, 0.2) is 13.2 Å². The van der Waals surface area contributed by atoms with E-state index in [-0.39, 0.29) is 13.2 Å². The third kappa shape index (κ3) is 6.67. The van der Waals surface area contributed by atoms with E-state index in [4.69, 9.17) is 18.9 Å². The van der Waals surface area contributed by atoms with Gasteiger partial charge in [0.25, 0.3) is 0 Å². The highest BCUT2D eigenvalue weighted by Gasteiger charge is 2.08. The topological polar surface area (TPSA) is 71.1 Å². The summed E-state index contributed by atoms with van der Waals surface area (Å²) in [6.07, 6.45) is 0. The molecule has 154 valence electrons. The minimum absolute atomic E-state index is 0.225. The number of esters is 2. The van der Waals surface area contributed by atoms with Crippen LogP contribution in [0.25, 0.3) is 0 Å². The van der Waals surface area contributed by atoms with E-state index in [1.165, 1.54) is 0 Å². The summed E-state index contributed by atoms with van der Waals surface area (Å²) in [6.45, 7) is 3.46. The van der Waals surface area contributed by atoms with Crippen LogP contribution in [0.15, 0.2) is 72.8 Å². The molecule has 0 aliphatic rings. The molecular weight excluding hydrogens is 384 g/mol. The first-order valence-electron chi connectivity index (χ1n) is 9.38. The van der Waals surface area contributed by atoms with Gasteiger partial charge in [-0.2, -0.15) is 0 Å². The average molecular weight is 406 g/mol. The predicted octanol–water partition coefficient (Wildman–Crippen LogP) is 4.27. The van der Waals surface area contributed by atoms with Gasteiger partial charge in [-0.15, -0.1) is 0 Å². The molecule has 0 amide bonds. The molecule has 0 aromatic heterocycles. The van der Waals surface area contributed by atoms with Crippen molar-refractivity contribution >= 4 is 11.9 Å². The maximum Gasteiger partial charge on any atom is 0.349 e. The van der Waals surface area contributed by atoms with Crippen LogP contribution < -0.4 is 18.9 Å². The van der Waals surface area contributed by atoms with E-state index in [9.17, 15) is 9.59 Å². The molecule has 0 saturated heterocycles. The monoisotopic (exact) mass is 406 g/mol. The van der Waals surface area contributed by atoms with Gasteiger partial charge < -0.3 is 18.9 Å². The van der Waals surface area contributed by atoms with Crippen molar-refractivity contribution in [3.05, 3.63) is 83.9 Å². The van der Waals surface area contributed by atoms with E-state index in [1.54, 1.807) is 48.5 Å². The van der Waals surface area contributed by atoms with E-state index in [2.05, 4.69) is 0 Å². The molecule has 0 N–H and O–H groups in total. The predicted molar refractivity (Wildman–Crippen MR) is 111 cm³/mol. The zero-order valence-electron chi connectivity index (χ0n) is 16.8. The minimum Gasteiger partial charge on any atom is -0.482 e. The lowest BCUT2D eigenvalue weighted by atomic mass is 10.2. The standard InChI is InChI=1S/C24H22O6/c1-17-3-7-21(8-4-17)29-23(25)15-27-19-11-13-20(14-12-19)28-16-24(26)30-22-9-5-18(2)6-10-22/h3-14H,15-16H2,1-2H3. The minimum atomic E-state index is -0.502. The number of benzene rings is 3. The molecule has 0 atom stereocenters. The number of aryl methyl sites for hydroxylation is 2. The first-order valence-corrected chi connectivity index (χ1v) is 9.38. The first-order chi connectivity index (χ1) is 14.5. The Labute approximate surface area is 175 Å². The Morgan fingerprint density at radius 2 is 0.833 bits per heavy atom. The van der Waals surface area contributed by atoms with Crippen LogP contribution in [0.1, 0.15) is 11.1 Å². The third-order valence-corrected chi connectivity index (χ3v) is 4.04. The van der Waals surface area contributed by atoms with Gasteiger partial charge in [0.1, 0.15) is 23.0 Å². The molecule has 3 rings (SSSR count). The van der Waals surface area contributed by atoms with Crippen molar-refractivity contribution in [1.29, 1.82) is 0 Å². The van der Waals surface area contributed by atoms with Crippen LogP contribution in [0.5, 0.6) is 23.0 Å². The highest BCUT2D eigenvalue weighted by Crippen LogP contribution is 2.18. The van der Waals surface area contributed by atoms with Crippen molar-refractivity contribution in [2.24, 2.45) is 0 Å². The molecule has 0 bridgehead atoms. The Hall–Kier alpha value is -3.80. The van der Waals surface area contributed by atoms with Crippen LogP contribution in [0.4, 0.5) is 0 Å². The molecule has 0 heterocycles. The molecule has 0 fully saturated rings. The van der Waals surface area contributed by atoms with Crippen molar-refractivity contribution in [1.82, 2.24) is 0 Å². The maximum atomic E-state index is 11.9. The summed E-state index contributed by atoms with van der Waals surface area (Å²) in [5.41, 5.74) is 2.16. The molecular formula is C24H22O6. The summed E-state index contributed by atoms with van der Waals surface area (Å²) < 4.78 is 21.2. The Morgan fingerprint density at radius 1 is 0.533 bits per heavy atom. The SMILES string of the molecule is Cc1ccc(OC(=O)COc2ccc(OCC(=O)Oc3ccc(C)cc3)cc2)cc1. The summed E-state index contributed by atoms with van der Waals surface area (Å²) in [5.74, 6) is 0.887. The Balaban J connectivity index is 1.40. The molecule has 6 heteroatoms. The fourth-order valence-electron chi connectivity index (χ4n) is 2.45. The number of rotatable bonds is 8. The average Bonchev–Trinajstić information content (AvgIpc) is 2.75. The van der Waals surface area contributed by atoms with Crippen molar-refractivity contribution < 1.29 is 28.5 Å². The Kier molecular flexibility index (Phi) is 7.05. The molecule has 0 unspecified atom stereocenters. The second-order valence-corrected chi connectivity index (χ2v) is 6.62. The highest BCUT2D eigenvalue weighted by molar-refractivity contribution is 5.74. The lowest BCUT2D eigenvalue weighted by molar-refractivity contribution is -0.137. The van der Waals surface area contributed by atoms with E-state index < -0.39 is 11.9 Å². The quantitative estimate of drug-likeness (QED) is 0.411. The lowest BCUT2D eigenvalue weighted by Crippen LogP contribution is -2.18. The number of carbonyl (C=O) groups excluding carboxylic acids is 2. The maximum absolute atomic E-state index is 11.9. The zero-order valence-corrected chi connectivity index (χ0v) is 16.8. The zero-order chi connectivity index (χ0) is 21.3. The molecule has 0 aliphatic carbocycles. The molecule has 0 saturated carbocycles. The van der Waals surface area contributed by atoms with E-state index in [1.807, 2.05) is 38.1 Å². The number of ether oxygens (including phenoxy) is 4. The fourth-order valence-corrected chi connectivity index (χ4v) is 2.45. The van der Waals surface area contributed by atoms with Crippen LogP contribution in [0, 0.1) is 13.8 Å². The second-order valence-electron chi connectivity index (χ2n) is 6.62. The van der Waals surface area contributed by atoms with Crippen LogP contribution in [0.2, 0.25) is 0 Å². The molecule has 0 radical (unpaired) electrons. The number of carbonyl (C=O) groups is 2. The third-order valence-electron chi connectivity index (χ3n) is 4.04. The fraction of sp³-hybridized carbons (Fsp3) is 0.167. The summed E-state index contributed by atoms with van der Waals surface area (Å²) in [5, 5.41) is 0. The normalized spacial score (nSPS) is 10.2. The smallest absolute Gasteiger partial charge is 0.349 e. The van der Waals surface area contributed by atoms with E-state index in [0.29, 0.717) is 23.0 Å². The number of hydrogen-bond donors (Lipinski definition) is 0. The molecule has 3 aromatic carbocycles. The van der Waals surface area contributed by atoms with Gasteiger partial charge in [-0.1, -0.05) is 35.4 Å². The summed E-state index contributed by atoms with van der Waals surface area (Å²) in [4.78, 5) is 23.7. The van der Waals surface area contributed by atoms with Crippen molar-refractivity contribution in [2.45, 2.75) is 13.8 Å². The Morgan fingerprint density at radius 3 is 1.17 bits per heavy atom. The molecule has 30 heavy (non-hydrogen) atoms. The summed E-state index contributed by atoms with van der Waals surface area (Å²) in [6, 6.07) is 20.9. The first kappa shape index (κ1) is 20.9. The largest absolute Gasteiger partial charge is 0.482 e. The number of hydrogen-bond acceptors (Lipinski definition) is 6. The van der Waals surface area contributed by atoms with Crippen molar-refractivity contribution in [3.8, 4) is 23.0 Å². The van der Waals surface area contributed by atoms with Gasteiger partial charge in [0, 0.05) is 0 Å². The summed E-state index contributed by atoms with van der Waals surface area (Å²) >= 11 is 0. The highest BCUT2D eigenvalue weighted by atomic mass is 16.6. The lowest BCUT2D eigenvalue weighted by Gasteiger charge is -2.09. The van der Waals surface area contributed by atoms with Crippen molar-refractivity contribution in [2.75, 3.05) is 13.2 Å². The second kappa shape index (κ2) is 10.1. The van der Waals surface area contributed by atoms with Crippen LogP contribution in [0.3, 0.4) is 0 Å².